The lowest BCUT2D eigenvalue weighted by Crippen LogP contribution is -2.20. The van der Waals surface area contributed by atoms with E-state index < -0.39 is 5.91 Å². The standard InChI is InChI=1S/C21H21ClN4O4/c1-13-24-7-8-26(13)11-14-3-5-16(6-4-14)25-21(28)15-9-17(22)20(18(10-15)29-2)30-12-19(23)27/h3-10H,11-12H2,1-2H3,(H2,23,27)(H,25,28). The molecular formula is C21H21ClN4O4. The first-order valence-electron chi connectivity index (χ1n) is 9.04. The predicted molar refractivity (Wildman–Crippen MR) is 113 cm³/mol. The van der Waals surface area contributed by atoms with Gasteiger partial charge in [-0.25, -0.2) is 4.98 Å². The zero-order valence-electron chi connectivity index (χ0n) is 16.5. The number of nitrogens with two attached hydrogens (primary N) is 1. The second-order valence-corrected chi connectivity index (χ2v) is 6.91. The molecule has 0 radical (unpaired) electrons. The predicted octanol–water partition coefficient (Wildman–Crippen LogP) is 3.02. The van der Waals surface area contributed by atoms with E-state index in [1.807, 2.05) is 42.0 Å². The van der Waals surface area contributed by atoms with E-state index in [1.165, 1.54) is 19.2 Å². The van der Waals surface area contributed by atoms with Gasteiger partial charge in [-0.2, -0.15) is 0 Å². The number of halogens is 1. The number of imidazole rings is 1. The maximum Gasteiger partial charge on any atom is 0.255 e. The summed E-state index contributed by atoms with van der Waals surface area (Å²) in [5.74, 6) is 0.284. The first-order valence-corrected chi connectivity index (χ1v) is 9.42. The molecule has 0 aliphatic heterocycles. The fraction of sp³-hybridized carbons (Fsp3) is 0.190. The molecule has 0 saturated heterocycles. The van der Waals surface area contributed by atoms with Crippen LogP contribution in [0.5, 0.6) is 11.5 Å². The molecule has 0 fully saturated rings. The van der Waals surface area contributed by atoms with Crippen LogP contribution in [0.3, 0.4) is 0 Å². The Bertz CT molecular complexity index is 1060. The molecule has 2 aromatic carbocycles. The zero-order chi connectivity index (χ0) is 21.7. The van der Waals surface area contributed by atoms with Crippen molar-refractivity contribution < 1.29 is 19.1 Å². The molecule has 0 aliphatic carbocycles. The lowest BCUT2D eigenvalue weighted by molar-refractivity contribution is -0.119. The number of ether oxygens (including phenoxy) is 2. The van der Waals surface area contributed by atoms with Gasteiger partial charge in [-0.05, 0) is 36.8 Å². The lowest BCUT2D eigenvalue weighted by Gasteiger charge is -2.13. The van der Waals surface area contributed by atoms with Crippen molar-refractivity contribution in [3.8, 4) is 11.5 Å². The molecule has 1 heterocycles. The molecule has 0 spiro atoms. The van der Waals surface area contributed by atoms with Crippen LogP contribution in [0.2, 0.25) is 5.02 Å². The average Bonchev–Trinajstić information content (AvgIpc) is 3.12. The first kappa shape index (κ1) is 21.2. The number of primary amides is 1. The SMILES string of the molecule is COc1cc(C(=O)Nc2ccc(Cn3ccnc3C)cc2)cc(Cl)c1OCC(N)=O. The number of nitrogens with one attached hydrogen (secondary N) is 1. The molecule has 9 heteroatoms. The summed E-state index contributed by atoms with van der Waals surface area (Å²) in [7, 11) is 1.41. The van der Waals surface area contributed by atoms with Crippen molar-refractivity contribution in [1.82, 2.24) is 9.55 Å². The smallest absolute Gasteiger partial charge is 0.255 e. The van der Waals surface area contributed by atoms with Gasteiger partial charge in [0.1, 0.15) is 5.82 Å². The van der Waals surface area contributed by atoms with Crippen LogP contribution in [-0.2, 0) is 11.3 Å². The Morgan fingerprint density at radius 3 is 2.57 bits per heavy atom. The van der Waals surface area contributed by atoms with Crippen molar-refractivity contribution in [2.75, 3.05) is 19.0 Å². The van der Waals surface area contributed by atoms with Crippen molar-refractivity contribution in [3.05, 3.63) is 70.8 Å². The highest BCUT2D eigenvalue weighted by molar-refractivity contribution is 6.32. The maximum atomic E-state index is 12.6. The fourth-order valence-electron chi connectivity index (χ4n) is 2.80. The van der Waals surface area contributed by atoms with E-state index >= 15 is 0 Å². The summed E-state index contributed by atoms with van der Waals surface area (Å²) >= 11 is 6.20. The third-order valence-electron chi connectivity index (χ3n) is 4.34. The van der Waals surface area contributed by atoms with E-state index in [0.29, 0.717) is 12.2 Å². The number of amides is 2. The van der Waals surface area contributed by atoms with Gasteiger partial charge < -0.3 is 25.1 Å². The summed E-state index contributed by atoms with van der Waals surface area (Å²) in [5, 5.41) is 2.95. The van der Waals surface area contributed by atoms with Crippen LogP contribution in [0.1, 0.15) is 21.7 Å². The van der Waals surface area contributed by atoms with Crippen LogP contribution in [0.4, 0.5) is 5.69 Å². The van der Waals surface area contributed by atoms with Crippen LogP contribution in [0, 0.1) is 6.92 Å². The van der Waals surface area contributed by atoms with E-state index in [1.54, 1.807) is 6.20 Å². The third kappa shape index (κ3) is 5.09. The van der Waals surface area contributed by atoms with E-state index in [4.69, 9.17) is 26.8 Å². The third-order valence-corrected chi connectivity index (χ3v) is 4.62. The first-order chi connectivity index (χ1) is 14.4. The average molecular weight is 429 g/mol. The van der Waals surface area contributed by atoms with Crippen LogP contribution < -0.4 is 20.5 Å². The van der Waals surface area contributed by atoms with Gasteiger partial charge in [0.05, 0.1) is 12.1 Å². The van der Waals surface area contributed by atoms with Crippen molar-refractivity contribution >= 4 is 29.1 Å². The van der Waals surface area contributed by atoms with E-state index in [-0.39, 0.29) is 34.6 Å². The number of hydrogen-bond donors (Lipinski definition) is 2. The second kappa shape index (κ2) is 9.32. The van der Waals surface area contributed by atoms with Crippen LogP contribution in [-0.4, -0.2) is 35.1 Å². The van der Waals surface area contributed by atoms with Crippen LogP contribution >= 0.6 is 11.6 Å². The van der Waals surface area contributed by atoms with Gasteiger partial charge in [-0.3, -0.25) is 9.59 Å². The van der Waals surface area contributed by atoms with Gasteiger partial charge in [0.2, 0.25) is 0 Å². The molecule has 30 heavy (non-hydrogen) atoms. The molecule has 0 saturated carbocycles. The molecule has 8 nitrogen and oxygen atoms in total. The molecule has 156 valence electrons. The highest BCUT2D eigenvalue weighted by atomic mass is 35.5. The summed E-state index contributed by atoms with van der Waals surface area (Å²) in [4.78, 5) is 27.8. The molecule has 2 amide bonds. The Labute approximate surface area is 178 Å². The Hall–Kier alpha value is -3.52. The topological polar surface area (TPSA) is 108 Å². The Morgan fingerprint density at radius 1 is 1.23 bits per heavy atom. The van der Waals surface area contributed by atoms with Gasteiger partial charge >= 0.3 is 0 Å². The van der Waals surface area contributed by atoms with Crippen LogP contribution in [0.15, 0.2) is 48.8 Å². The normalized spacial score (nSPS) is 10.5. The van der Waals surface area contributed by atoms with E-state index in [2.05, 4.69) is 10.3 Å². The molecule has 3 N–H and O–H groups in total. The van der Waals surface area contributed by atoms with Gasteiger partial charge in [0.25, 0.3) is 11.8 Å². The van der Waals surface area contributed by atoms with Crippen molar-refractivity contribution in [2.45, 2.75) is 13.5 Å². The molecule has 0 aliphatic rings. The number of hydrogen-bond acceptors (Lipinski definition) is 5. The molecule has 0 atom stereocenters. The molecule has 1 aromatic heterocycles. The summed E-state index contributed by atoms with van der Waals surface area (Å²) in [6, 6.07) is 10.4. The largest absolute Gasteiger partial charge is 0.493 e. The minimum Gasteiger partial charge on any atom is -0.493 e. The van der Waals surface area contributed by atoms with E-state index in [0.717, 1.165) is 11.4 Å². The number of carbonyl (C=O) groups is 2. The summed E-state index contributed by atoms with van der Waals surface area (Å²) < 4.78 is 12.5. The molecule has 3 rings (SSSR count). The van der Waals surface area contributed by atoms with Gasteiger partial charge in [-0.15, -0.1) is 0 Å². The minimum atomic E-state index is -0.651. The monoisotopic (exact) mass is 428 g/mol. The summed E-state index contributed by atoms with van der Waals surface area (Å²) in [5.41, 5.74) is 7.08. The minimum absolute atomic E-state index is 0.131. The van der Waals surface area contributed by atoms with Gasteiger partial charge in [-0.1, -0.05) is 23.7 Å². The number of aryl methyl sites for hydroxylation is 1. The number of nitrogens with zero attached hydrogens (tertiary/aromatic N) is 2. The van der Waals surface area contributed by atoms with E-state index in [9.17, 15) is 9.59 Å². The number of rotatable bonds is 8. The Balaban J connectivity index is 1.71. The fourth-order valence-corrected chi connectivity index (χ4v) is 3.06. The highest BCUT2D eigenvalue weighted by Crippen LogP contribution is 2.36. The number of methoxy groups -OCH3 is 1. The molecule has 0 bridgehead atoms. The molecular weight excluding hydrogens is 408 g/mol. The molecule has 3 aromatic rings. The zero-order valence-corrected chi connectivity index (χ0v) is 17.3. The van der Waals surface area contributed by atoms with Gasteiger partial charge in [0.15, 0.2) is 18.1 Å². The number of benzene rings is 2. The van der Waals surface area contributed by atoms with Crippen molar-refractivity contribution in [1.29, 1.82) is 0 Å². The molecule has 0 unspecified atom stereocenters. The maximum absolute atomic E-state index is 12.6. The number of aromatic nitrogens is 2. The number of anilines is 1. The highest BCUT2D eigenvalue weighted by Gasteiger charge is 2.17. The summed E-state index contributed by atoms with van der Waals surface area (Å²) in [6.07, 6.45) is 3.67. The van der Waals surface area contributed by atoms with Crippen LogP contribution in [0.25, 0.3) is 0 Å². The number of carbonyl (C=O) groups excluding carboxylic acids is 2. The lowest BCUT2D eigenvalue weighted by atomic mass is 10.1. The van der Waals surface area contributed by atoms with Gasteiger partial charge in [0, 0.05) is 30.2 Å². The quantitative estimate of drug-likeness (QED) is 0.573. The van der Waals surface area contributed by atoms with Crippen molar-refractivity contribution in [3.63, 3.8) is 0 Å². The second-order valence-electron chi connectivity index (χ2n) is 6.50. The summed E-state index contributed by atoms with van der Waals surface area (Å²) in [6.45, 7) is 2.28. The van der Waals surface area contributed by atoms with Crippen molar-refractivity contribution in [2.24, 2.45) is 5.73 Å². The Kier molecular flexibility index (Phi) is 6.58. The Morgan fingerprint density at radius 2 is 1.97 bits per heavy atom.